The molecule has 0 aromatic carbocycles. The number of pyridine rings is 1. The van der Waals surface area contributed by atoms with Crippen molar-refractivity contribution in [3.63, 3.8) is 0 Å². The molecule has 1 unspecified atom stereocenters. The lowest BCUT2D eigenvalue weighted by atomic mass is 10.1. The van der Waals surface area contributed by atoms with Crippen molar-refractivity contribution < 1.29 is 9.53 Å². The van der Waals surface area contributed by atoms with E-state index < -0.39 is 0 Å². The number of nitrogens with two attached hydrogens (primary N) is 1. The summed E-state index contributed by atoms with van der Waals surface area (Å²) in [5, 5.41) is 0. The van der Waals surface area contributed by atoms with Gasteiger partial charge < -0.3 is 15.4 Å². The van der Waals surface area contributed by atoms with E-state index in [-0.39, 0.29) is 12.0 Å². The molecule has 2 rings (SSSR count). The average molecular weight is 235 g/mol. The quantitative estimate of drug-likeness (QED) is 0.827. The van der Waals surface area contributed by atoms with Gasteiger partial charge in [0.25, 0.3) is 5.91 Å². The summed E-state index contributed by atoms with van der Waals surface area (Å²) < 4.78 is 5.30. The minimum Gasteiger partial charge on any atom is -0.384 e. The third-order valence-corrected chi connectivity index (χ3v) is 3.03. The number of rotatable bonds is 2. The Kier molecular flexibility index (Phi) is 3.58. The van der Waals surface area contributed by atoms with Crippen LogP contribution in [0, 0.1) is 0 Å². The molecule has 2 N–H and O–H groups in total. The molecule has 0 aliphatic carbocycles. The fourth-order valence-electron chi connectivity index (χ4n) is 2.03. The first-order valence-corrected chi connectivity index (χ1v) is 5.74. The van der Waals surface area contributed by atoms with E-state index in [4.69, 9.17) is 10.5 Å². The van der Waals surface area contributed by atoms with Crippen LogP contribution in [0.25, 0.3) is 0 Å². The third-order valence-electron chi connectivity index (χ3n) is 3.03. The van der Waals surface area contributed by atoms with Crippen molar-refractivity contribution in [2.24, 2.45) is 0 Å². The van der Waals surface area contributed by atoms with Crippen molar-refractivity contribution in [2.75, 3.05) is 25.9 Å². The van der Waals surface area contributed by atoms with E-state index in [0.717, 1.165) is 19.4 Å². The van der Waals surface area contributed by atoms with Gasteiger partial charge in [0.05, 0.1) is 11.7 Å². The van der Waals surface area contributed by atoms with E-state index in [9.17, 15) is 4.79 Å². The normalized spacial score (nSPS) is 20.3. The first-order valence-electron chi connectivity index (χ1n) is 5.74. The standard InChI is InChI=1S/C12H17N3O2/c1-17-10-3-2-6-15(8-10)12(16)9-4-5-11(13)14-7-9/h4-5,7,10H,2-3,6,8H2,1H3,(H2,13,14). The van der Waals surface area contributed by atoms with Gasteiger partial charge in [0.1, 0.15) is 5.82 Å². The Morgan fingerprint density at radius 2 is 2.41 bits per heavy atom. The molecule has 2 heterocycles. The number of ether oxygens (including phenoxy) is 1. The fraction of sp³-hybridized carbons (Fsp3) is 0.500. The zero-order valence-electron chi connectivity index (χ0n) is 9.93. The molecule has 1 atom stereocenters. The summed E-state index contributed by atoms with van der Waals surface area (Å²) in [6.45, 7) is 1.43. The number of nitrogen functional groups attached to an aromatic ring is 1. The predicted molar refractivity (Wildman–Crippen MR) is 64.6 cm³/mol. The minimum atomic E-state index is -0.000694. The molecule has 1 aliphatic heterocycles. The molecule has 0 spiro atoms. The zero-order chi connectivity index (χ0) is 12.3. The van der Waals surface area contributed by atoms with Gasteiger partial charge in [-0.3, -0.25) is 4.79 Å². The summed E-state index contributed by atoms with van der Waals surface area (Å²) in [5.41, 5.74) is 6.07. The number of aromatic nitrogens is 1. The second kappa shape index (κ2) is 5.14. The molecule has 92 valence electrons. The van der Waals surface area contributed by atoms with Crippen LogP contribution in [0.4, 0.5) is 5.82 Å². The van der Waals surface area contributed by atoms with Gasteiger partial charge in [-0.2, -0.15) is 0 Å². The SMILES string of the molecule is COC1CCCN(C(=O)c2ccc(N)nc2)C1. The first-order chi connectivity index (χ1) is 8.20. The van der Waals surface area contributed by atoms with Crippen LogP contribution in [0.5, 0.6) is 0 Å². The Hall–Kier alpha value is -1.62. The Morgan fingerprint density at radius 3 is 3.06 bits per heavy atom. The minimum absolute atomic E-state index is 0.000694. The molecule has 1 aliphatic rings. The van der Waals surface area contributed by atoms with E-state index >= 15 is 0 Å². The summed E-state index contributed by atoms with van der Waals surface area (Å²) >= 11 is 0. The molecule has 1 aromatic heterocycles. The van der Waals surface area contributed by atoms with Gasteiger partial charge in [-0.1, -0.05) is 0 Å². The average Bonchev–Trinajstić information content (AvgIpc) is 2.39. The number of piperidine rings is 1. The van der Waals surface area contributed by atoms with Crippen molar-refractivity contribution in [1.82, 2.24) is 9.88 Å². The van der Waals surface area contributed by atoms with Gasteiger partial charge in [0, 0.05) is 26.4 Å². The molecule has 17 heavy (non-hydrogen) atoms. The van der Waals surface area contributed by atoms with Crippen molar-refractivity contribution in [3.8, 4) is 0 Å². The molecular weight excluding hydrogens is 218 g/mol. The maximum absolute atomic E-state index is 12.2. The molecule has 1 aromatic rings. The third kappa shape index (κ3) is 2.74. The molecule has 1 saturated heterocycles. The Bertz CT molecular complexity index is 391. The van der Waals surface area contributed by atoms with Crippen LogP contribution in [-0.4, -0.2) is 42.1 Å². The number of methoxy groups -OCH3 is 1. The molecule has 0 radical (unpaired) electrons. The summed E-state index contributed by atoms with van der Waals surface area (Å²) in [7, 11) is 1.68. The molecular formula is C12H17N3O2. The Labute approximate surface area is 101 Å². The lowest BCUT2D eigenvalue weighted by molar-refractivity contribution is 0.0268. The number of amides is 1. The number of likely N-dealkylation sites (tertiary alicyclic amines) is 1. The maximum atomic E-state index is 12.2. The zero-order valence-corrected chi connectivity index (χ0v) is 9.93. The van der Waals surface area contributed by atoms with Gasteiger partial charge in [0.2, 0.25) is 0 Å². The van der Waals surface area contributed by atoms with E-state index in [0.29, 0.717) is 17.9 Å². The molecule has 1 fully saturated rings. The van der Waals surface area contributed by atoms with Crippen molar-refractivity contribution in [2.45, 2.75) is 18.9 Å². The lowest BCUT2D eigenvalue weighted by Crippen LogP contribution is -2.42. The molecule has 5 heteroatoms. The highest BCUT2D eigenvalue weighted by molar-refractivity contribution is 5.94. The van der Waals surface area contributed by atoms with Gasteiger partial charge in [0.15, 0.2) is 0 Å². The lowest BCUT2D eigenvalue weighted by Gasteiger charge is -2.31. The maximum Gasteiger partial charge on any atom is 0.255 e. The summed E-state index contributed by atoms with van der Waals surface area (Å²) in [6, 6.07) is 3.35. The molecule has 0 saturated carbocycles. The fourth-order valence-corrected chi connectivity index (χ4v) is 2.03. The van der Waals surface area contributed by atoms with E-state index in [1.807, 2.05) is 4.90 Å². The topological polar surface area (TPSA) is 68.5 Å². The Morgan fingerprint density at radius 1 is 1.59 bits per heavy atom. The van der Waals surface area contributed by atoms with Crippen molar-refractivity contribution in [1.29, 1.82) is 0 Å². The molecule has 1 amide bonds. The summed E-state index contributed by atoms with van der Waals surface area (Å²) in [5.74, 6) is 0.425. The van der Waals surface area contributed by atoms with Gasteiger partial charge in [-0.05, 0) is 25.0 Å². The first kappa shape index (κ1) is 11.9. The van der Waals surface area contributed by atoms with Gasteiger partial charge in [-0.15, -0.1) is 0 Å². The number of carbonyl (C=O) groups is 1. The van der Waals surface area contributed by atoms with Crippen LogP contribution in [0.3, 0.4) is 0 Å². The van der Waals surface area contributed by atoms with Crippen LogP contribution >= 0.6 is 0 Å². The highest BCUT2D eigenvalue weighted by Gasteiger charge is 2.24. The van der Waals surface area contributed by atoms with Crippen LogP contribution in [0.1, 0.15) is 23.2 Å². The predicted octanol–water partition coefficient (Wildman–Crippen LogP) is 0.915. The largest absolute Gasteiger partial charge is 0.384 e. The van der Waals surface area contributed by atoms with Crippen LogP contribution < -0.4 is 5.73 Å². The number of nitrogens with zero attached hydrogens (tertiary/aromatic N) is 2. The number of hydrogen-bond donors (Lipinski definition) is 1. The van der Waals surface area contributed by atoms with E-state index in [1.54, 1.807) is 19.2 Å². The van der Waals surface area contributed by atoms with Crippen molar-refractivity contribution in [3.05, 3.63) is 23.9 Å². The highest BCUT2D eigenvalue weighted by Crippen LogP contribution is 2.15. The van der Waals surface area contributed by atoms with Gasteiger partial charge >= 0.3 is 0 Å². The second-order valence-corrected chi connectivity index (χ2v) is 4.22. The number of carbonyl (C=O) groups excluding carboxylic acids is 1. The van der Waals surface area contributed by atoms with E-state index in [1.165, 1.54) is 6.20 Å². The summed E-state index contributed by atoms with van der Waals surface area (Å²) in [6.07, 6.45) is 3.66. The highest BCUT2D eigenvalue weighted by atomic mass is 16.5. The number of hydrogen-bond acceptors (Lipinski definition) is 4. The number of anilines is 1. The second-order valence-electron chi connectivity index (χ2n) is 4.22. The smallest absolute Gasteiger partial charge is 0.255 e. The van der Waals surface area contributed by atoms with Crippen LogP contribution in [-0.2, 0) is 4.74 Å². The van der Waals surface area contributed by atoms with Crippen LogP contribution in [0.2, 0.25) is 0 Å². The monoisotopic (exact) mass is 235 g/mol. The van der Waals surface area contributed by atoms with E-state index in [2.05, 4.69) is 4.98 Å². The Balaban J connectivity index is 2.06. The van der Waals surface area contributed by atoms with Gasteiger partial charge in [-0.25, -0.2) is 4.98 Å². The van der Waals surface area contributed by atoms with Crippen LogP contribution in [0.15, 0.2) is 18.3 Å². The molecule has 5 nitrogen and oxygen atoms in total. The van der Waals surface area contributed by atoms with Crippen molar-refractivity contribution >= 4 is 11.7 Å². The summed E-state index contributed by atoms with van der Waals surface area (Å²) in [4.78, 5) is 17.9. The molecule has 0 bridgehead atoms.